The summed E-state index contributed by atoms with van der Waals surface area (Å²) in [5.41, 5.74) is 0.857. The molecular formula is C22H30F3N3O2. The summed E-state index contributed by atoms with van der Waals surface area (Å²) in [6.45, 7) is 2.35. The number of piperidine rings is 1. The van der Waals surface area contributed by atoms with E-state index in [9.17, 15) is 23.1 Å². The summed E-state index contributed by atoms with van der Waals surface area (Å²) >= 11 is 0. The van der Waals surface area contributed by atoms with Gasteiger partial charge in [0.2, 0.25) is 0 Å². The molecule has 1 aromatic carbocycles. The summed E-state index contributed by atoms with van der Waals surface area (Å²) in [6, 6.07) is 11.4. The Balaban J connectivity index is 1.25. The molecule has 0 radical (unpaired) electrons. The van der Waals surface area contributed by atoms with Gasteiger partial charge in [0.1, 0.15) is 0 Å². The van der Waals surface area contributed by atoms with Gasteiger partial charge in [-0.1, -0.05) is 30.3 Å². The lowest BCUT2D eigenvalue weighted by molar-refractivity contribution is -0.157. The summed E-state index contributed by atoms with van der Waals surface area (Å²) < 4.78 is 37.5. The maximum absolute atomic E-state index is 12.5. The third-order valence-corrected chi connectivity index (χ3v) is 6.86. The predicted molar refractivity (Wildman–Crippen MR) is 107 cm³/mol. The molecular weight excluding hydrogens is 395 g/mol. The quantitative estimate of drug-likeness (QED) is 0.671. The maximum Gasteiger partial charge on any atom is 0.390 e. The molecule has 2 N–H and O–H groups in total. The fraction of sp³-hybridized carbons (Fsp3) is 0.682. The van der Waals surface area contributed by atoms with Crippen LogP contribution in [0.15, 0.2) is 30.3 Å². The van der Waals surface area contributed by atoms with E-state index >= 15 is 0 Å². The Labute approximate surface area is 175 Å². The van der Waals surface area contributed by atoms with Crippen molar-refractivity contribution in [3.05, 3.63) is 35.9 Å². The molecule has 2 atom stereocenters. The molecule has 3 aliphatic rings. The van der Waals surface area contributed by atoms with E-state index in [-0.39, 0.29) is 13.0 Å². The molecule has 1 aromatic rings. The number of hydrogen-bond donors (Lipinski definition) is 2. The fourth-order valence-electron chi connectivity index (χ4n) is 5.21. The third kappa shape index (κ3) is 5.15. The number of carboxylic acids is 1. The van der Waals surface area contributed by atoms with Gasteiger partial charge >= 0.3 is 12.1 Å². The number of alkyl halides is 3. The molecule has 1 saturated carbocycles. The van der Waals surface area contributed by atoms with Crippen molar-refractivity contribution in [2.45, 2.75) is 61.8 Å². The average Bonchev–Trinajstić information content (AvgIpc) is 3.43. The van der Waals surface area contributed by atoms with E-state index in [1.54, 1.807) is 4.90 Å². The number of likely N-dealkylation sites (tertiary alicyclic amines) is 2. The number of aliphatic carboxylic acids is 1. The first-order valence-electron chi connectivity index (χ1n) is 10.8. The molecule has 0 amide bonds. The first-order chi connectivity index (χ1) is 14.2. The molecule has 2 aliphatic heterocycles. The fourth-order valence-corrected chi connectivity index (χ4v) is 5.21. The van der Waals surface area contributed by atoms with E-state index in [1.165, 1.54) is 5.56 Å². The van der Waals surface area contributed by atoms with E-state index in [1.807, 2.05) is 6.07 Å². The number of nitrogens with one attached hydrogen (secondary N) is 1. The highest BCUT2D eigenvalue weighted by Gasteiger charge is 2.50. The molecule has 2 saturated heterocycles. The molecule has 0 aromatic heterocycles. The molecule has 0 unspecified atom stereocenters. The van der Waals surface area contributed by atoms with Crippen LogP contribution in [0.1, 0.15) is 43.6 Å². The Kier molecular flexibility index (Phi) is 6.10. The number of hydrogen-bond acceptors (Lipinski definition) is 4. The molecule has 8 heteroatoms. The smallest absolute Gasteiger partial charge is 0.390 e. The predicted octanol–water partition coefficient (Wildman–Crippen LogP) is 3.08. The van der Waals surface area contributed by atoms with E-state index < -0.39 is 24.1 Å². The number of carbonyl (C=O) groups is 1. The van der Waals surface area contributed by atoms with Crippen molar-refractivity contribution in [1.82, 2.24) is 15.1 Å². The molecule has 30 heavy (non-hydrogen) atoms. The molecule has 3 fully saturated rings. The summed E-state index contributed by atoms with van der Waals surface area (Å²) in [6.07, 6.45) is -1.97. The summed E-state index contributed by atoms with van der Waals surface area (Å²) in [5, 5.41) is 13.1. The van der Waals surface area contributed by atoms with Crippen LogP contribution in [0, 0.1) is 0 Å². The lowest BCUT2D eigenvalue weighted by Crippen LogP contribution is -2.72. The van der Waals surface area contributed by atoms with Gasteiger partial charge in [0.25, 0.3) is 0 Å². The van der Waals surface area contributed by atoms with Crippen LogP contribution in [0.5, 0.6) is 0 Å². The van der Waals surface area contributed by atoms with Crippen LogP contribution in [-0.4, -0.2) is 77.4 Å². The maximum atomic E-state index is 12.5. The minimum absolute atomic E-state index is 0.00762. The second-order valence-corrected chi connectivity index (χ2v) is 9.16. The minimum atomic E-state index is -4.17. The molecule has 1 aliphatic carbocycles. The van der Waals surface area contributed by atoms with Gasteiger partial charge in [0, 0.05) is 50.7 Å². The second kappa shape index (κ2) is 8.48. The number of carboxylic acid groups (broad SMARTS) is 1. The standard InChI is InChI=1S/C22H30F3N3O2/c23-22(24,25)8-11-27-14-21(15-27,13-20(29)30)28-9-6-17(7-10-28)26-19-12-18(19)16-4-2-1-3-5-16/h1-5,17-19,26H,6-15H2,(H,29,30)/t18-,19-/m1/s1. The van der Waals surface area contributed by atoms with Crippen LogP contribution in [-0.2, 0) is 4.79 Å². The van der Waals surface area contributed by atoms with Crippen molar-refractivity contribution in [2.75, 3.05) is 32.7 Å². The van der Waals surface area contributed by atoms with Crippen LogP contribution in [0.4, 0.5) is 13.2 Å². The monoisotopic (exact) mass is 425 g/mol. The molecule has 4 rings (SSSR count). The Morgan fingerprint density at radius 2 is 1.83 bits per heavy atom. The van der Waals surface area contributed by atoms with E-state index in [2.05, 4.69) is 34.5 Å². The normalized spacial score (nSPS) is 27.6. The lowest BCUT2D eigenvalue weighted by Gasteiger charge is -2.57. The van der Waals surface area contributed by atoms with Crippen molar-refractivity contribution in [2.24, 2.45) is 0 Å². The third-order valence-electron chi connectivity index (χ3n) is 6.86. The number of benzene rings is 1. The van der Waals surface area contributed by atoms with E-state index in [4.69, 9.17) is 0 Å². The molecule has 2 heterocycles. The zero-order valence-electron chi connectivity index (χ0n) is 17.1. The van der Waals surface area contributed by atoms with Gasteiger partial charge in [-0.3, -0.25) is 14.6 Å². The number of nitrogens with zero attached hydrogens (tertiary/aromatic N) is 2. The Morgan fingerprint density at radius 3 is 2.43 bits per heavy atom. The number of halogens is 3. The molecule has 0 bridgehead atoms. The van der Waals surface area contributed by atoms with Gasteiger partial charge in [-0.15, -0.1) is 0 Å². The minimum Gasteiger partial charge on any atom is -0.481 e. The highest BCUT2D eigenvalue weighted by molar-refractivity contribution is 5.69. The van der Waals surface area contributed by atoms with Crippen molar-refractivity contribution >= 4 is 5.97 Å². The SMILES string of the molecule is O=C(O)CC1(N2CCC(N[C@@H]3C[C@@H]3c3ccccc3)CC2)CN(CCC(F)(F)F)C1. The van der Waals surface area contributed by atoms with Gasteiger partial charge in [-0.2, -0.15) is 13.2 Å². The molecule has 0 spiro atoms. The average molecular weight is 425 g/mol. The summed E-state index contributed by atoms with van der Waals surface area (Å²) in [4.78, 5) is 15.4. The van der Waals surface area contributed by atoms with Gasteiger partial charge in [-0.25, -0.2) is 0 Å². The van der Waals surface area contributed by atoms with Gasteiger partial charge in [0.05, 0.1) is 18.4 Å². The van der Waals surface area contributed by atoms with Crippen molar-refractivity contribution in [3.63, 3.8) is 0 Å². The number of rotatable bonds is 8. The van der Waals surface area contributed by atoms with Gasteiger partial charge in [-0.05, 0) is 24.8 Å². The largest absolute Gasteiger partial charge is 0.481 e. The Bertz CT molecular complexity index is 729. The molecule has 166 valence electrons. The Hall–Kier alpha value is -1.64. The van der Waals surface area contributed by atoms with Crippen molar-refractivity contribution in [1.29, 1.82) is 0 Å². The molecule has 5 nitrogen and oxygen atoms in total. The van der Waals surface area contributed by atoms with Gasteiger partial charge < -0.3 is 10.4 Å². The van der Waals surface area contributed by atoms with Crippen LogP contribution >= 0.6 is 0 Å². The first-order valence-corrected chi connectivity index (χ1v) is 10.8. The van der Waals surface area contributed by atoms with Crippen LogP contribution < -0.4 is 5.32 Å². The van der Waals surface area contributed by atoms with E-state index in [0.717, 1.165) is 32.4 Å². The zero-order valence-corrected chi connectivity index (χ0v) is 17.1. The van der Waals surface area contributed by atoms with Crippen LogP contribution in [0.25, 0.3) is 0 Å². The summed E-state index contributed by atoms with van der Waals surface area (Å²) in [5.74, 6) is -0.300. The zero-order chi connectivity index (χ0) is 21.4. The Morgan fingerprint density at radius 1 is 1.17 bits per heavy atom. The highest BCUT2D eigenvalue weighted by Crippen LogP contribution is 2.42. The van der Waals surface area contributed by atoms with Crippen molar-refractivity contribution in [3.8, 4) is 0 Å². The topological polar surface area (TPSA) is 55.8 Å². The second-order valence-electron chi connectivity index (χ2n) is 9.16. The first kappa shape index (κ1) is 21.6. The summed E-state index contributed by atoms with van der Waals surface area (Å²) in [7, 11) is 0. The lowest BCUT2D eigenvalue weighted by atomic mass is 9.82. The van der Waals surface area contributed by atoms with Crippen LogP contribution in [0.2, 0.25) is 0 Å². The van der Waals surface area contributed by atoms with Crippen LogP contribution in [0.3, 0.4) is 0 Å². The highest BCUT2D eigenvalue weighted by atomic mass is 19.4. The van der Waals surface area contributed by atoms with E-state index in [0.29, 0.717) is 31.1 Å². The van der Waals surface area contributed by atoms with Gasteiger partial charge in [0.15, 0.2) is 0 Å². The van der Waals surface area contributed by atoms with Crippen molar-refractivity contribution < 1.29 is 23.1 Å².